The number of carbonyl (C=O) groups is 7. The molecule has 71 heavy (non-hydrogen) atoms. The maximum Gasteiger partial charge on any atom is 0.339 e. The number of carbonyl (C=O) groups excluding carboxylic acids is 7. The molecule has 370 valence electrons. The van der Waals surface area contributed by atoms with Crippen LogP contribution in [0, 0.1) is 0 Å². The molecule has 19 heteroatoms. The summed E-state index contributed by atoms with van der Waals surface area (Å²) in [5, 5.41) is 0. The minimum atomic E-state index is -2.12. The van der Waals surface area contributed by atoms with Crippen LogP contribution < -0.4 is 9.47 Å². The molecular formula is C52H48O19. The first-order valence-corrected chi connectivity index (χ1v) is 22.0. The van der Waals surface area contributed by atoms with Crippen LogP contribution in [0.25, 0.3) is 0 Å². The number of benzene rings is 5. The van der Waals surface area contributed by atoms with E-state index in [9.17, 15) is 33.6 Å². The standard InChI is InChI=1S/C52H48O19/c1-30(53)62-29-38-39(63-31(2)54)40(44(68-48(57)34-21-13-7-14-22-34)51(65-38)64-37-27-25-36(60-3)26-28-37)70-52-45(69-49(58)35-23-15-8-16-24-35)42(67-47(56)33-19-11-6-12-20-33)41(43(71-52)50(59)61-4)66-46(55)32-17-9-5-10-18-32/h5-28,38-45,51-52H,29H2,1-4H3/t38-,39+,40+,41+,42+,43+,44-,45-,51-,52-/m1/s1. The van der Waals surface area contributed by atoms with Gasteiger partial charge in [-0.3, -0.25) is 9.59 Å². The van der Waals surface area contributed by atoms with Crippen LogP contribution >= 0.6 is 0 Å². The molecule has 10 atom stereocenters. The molecule has 2 saturated heterocycles. The van der Waals surface area contributed by atoms with E-state index >= 15 is 0 Å². The number of esters is 7. The van der Waals surface area contributed by atoms with Crippen molar-refractivity contribution in [3.05, 3.63) is 168 Å². The largest absolute Gasteiger partial charge is 0.497 e. The highest BCUT2D eigenvalue weighted by atomic mass is 16.8. The van der Waals surface area contributed by atoms with Gasteiger partial charge in [-0.15, -0.1) is 0 Å². The lowest BCUT2D eigenvalue weighted by Crippen LogP contribution is -2.68. The smallest absolute Gasteiger partial charge is 0.339 e. The Morgan fingerprint density at radius 3 is 1.28 bits per heavy atom. The Kier molecular flexibility index (Phi) is 17.1. The third-order valence-electron chi connectivity index (χ3n) is 10.9. The fourth-order valence-electron chi connectivity index (χ4n) is 7.54. The van der Waals surface area contributed by atoms with Crippen LogP contribution in [0.4, 0.5) is 0 Å². The Labute approximate surface area is 406 Å². The van der Waals surface area contributed by atoms with Crippen LogP contribution in [0.2, 0.25) is 0 Å². The zero-order valence-corrected chi connectivity index (χ0v) is 38.6. The van der Waals surface area contributed by atoms with Crippen molar-refractivity contribution in [3.8, 4) is 11.5 Å². The van der Waals surface area contributed by atoms with Crippen molar-refractivity contribution >= 4 is 41.8 Å². The van der Waals surface area contributed by atoms with Gasteiger partial charge in [-0.05, 0) is 72.8 Å². The average molecular weight is 977 g/mol. The predicted molar refractivity (Wildman–Crippen MR) is 243 cm³/mol. The van der Waals surface area contributed by atoms with Gasteiger partial charge >= 0.3 is 41.8 Å². The molecule has 2 fully saturated rings. The summed E-state index contributed by atoms with van der Waals surface area (Å²) in [6.07, 6.45) is -18.6. The van der Waals surface area contributed by atoms with Crippen LogP contribution in [-0.2, 0) is 61.8 Å². The Bertz CT molecular complexity index is 2610. The summed E-state index contributed by atoms with van der Waals surface area (Å²) >= 11 is 0. The molecule has 7 rings (SSSR count). The van der Waals surface area contributed by atoms with Gasteiger partial charge in [0.05, 0.1) is 36.5 Å². The van der Waals surface area contributed by atoms with E-state index in [0.717, 1.165) is 21.0 Å². The molecule has 0 unspecified atom stereocenters. The van der Waals surface area contributed by atoms with E-state index < -0.39 is 110 Å². The number of ether oxygens (including phenoxy) is 12. The molecule has 19 nitrogen and oxygen atoms in total. The van der Waals surface area contributed by atoms with Crippen molar-refractivity contribution in [1.29, 1.82) is 0 Å². The normalized spacial score (nSPS) is 23.6. The second-order valence-corrected chi connectivity index (χ2v) is 15.7. The molecule has 5 aromatic carbocycles. The van der Waals surface area contributed by atoms with Crippen LogP contribution in [-0.4, -0.2) is 124 Å². The molecule has 2 heterocycles. The summed E-state index contributed by atoms with van der Waals surface area (Å²) in [5.41, 5.74) is 0.0363. The maximum absolute atomic E-state index is 14.2. The number of methoxy groups -OCH3 is 2. The molecule has 2 aliphatic rings. The molecule has 0 radical (unpaired) electrons. The number of hydrogen-bond donors (Lipinski definition) is 0. The highest BCUT2D eigenvalue weighted by Gasteiger charge is 2.60. The molecule has 5 aromatic rings. The summed E-state index contributed by atoms with van der Waals surface area (Å²) in [7, 11) is 2.47. The fraction of sp³-hybridized carbons (Fsp3) is 0.288. The zero-order valence-electron chi connectivity index (χ0n) is 38.6. The zero-order chi connectivity index (χ0) is 50.4. The van der Waals surface area contributed by atoms with Crippen LogP contribution in [0.3, 0.4) is 0 Å². The SMILES string of the molecule is COC(=O)[C@H]1O[C@@H](O[C@H]2[C@@H](OC(C)=O)[C@@H](COC(C)=O)O[C@@H](Oc3ccc(OC)cc3)[C@@H]2OC(=O)c2ccccc2)[C@H](OC(=O)c2ccccc2)[C@@H](OC(=O)c2ccccc2)[C@@H]1OC(=O)c1ccccc1. The molecule has 0 aliphatic carbocycles. The monoisotopic (exact) mass is 976 g/mol. The summed E-state index contributed by atoms with van der Waals surface area (Å²) in [6.45, 7) is 1.58. The van der Waals surface area contributed by atoms with Crippen LogP contribution in [0.1, 0.15) is 55.3 Å². The van der Waals surface area contributed by atoms with Crippen molar-refractivity contribution < 1.29 is 90.4 Å². The number of hydrogen-bond acceptors (Lipinski definition) is 19. The Morgan fingerprint density at radius 2 is 0.859 bits per heavy atom. The molecule has 2 aliphatic heterocycles. The molecule has 0 aromatic heterocycles. The van der Waals surface area contributed by atoms with E-state index in [-0.39, 0.29) is 28.0 Å². The minimum Gasteiger partial charge on any atom is -0.497 e. The minimum absolute atomic E-state index is 0.00794. The third kappa shape index (κ3) is 12.9. The maximum atomic E-state index is 14.2. The molecule has 0 spiro atoms. The quantitative estimate of drug-likeness (QED) is 0.0829. The molecule has 0 bridgehead atoms. The molecular weight excluding hydrogens is 929 g/mol. The topological polar surface area (TPSA) is 230 Å². The van der Waals surface area contributed by atoms with Crippen molar-refractivity contribution in [2.24, 2.45) is 0 Å². The van der Waals surface area contributed by atoms with E-state index in [4.69, 9.17) is 56.8 Å². The van der Waals surface area contributed by atoms with Crippen molar-refractivity contribution in [2.75, 3.05) is 20.8 Å². The summed E-state index contributed by atoms with van der Waals surface area (Å²) < 4.78 is 71.8. The van der Waals surface area contributed by atoms with Gasteiger partial charge in [-0.25, -0.2) is 24.0 Å². The van der Waals surface area contributed by atoms with Gasteiger partial charge in [-0.2, -0.15) is 0 Å². The van der Waals surface area contributed by atoms with Gasteiger partial charge in [0.25, 0.3) is 0 Å². The van der Waals surface area contributed by atoms with E-state index in [0.29, 0.717) is 5.75 Å². The second kappa shape index (κ2) is 23.9. The molecule has 0 amide bonds. The van der Waals surface area contributed by atoms with Gasteiger partial charge in [0.1, 0.15) is 30.3 Å². The van der Waals surface area contributed by atoms with Crippen molar-refractivity contribution in [3.63, 3.8) is 0 Å². The van der Waals surface area contributed by atoms with E-state index in [1.165, 1.54) is 67.8 Å². The first-order valence-electron chi connectivity index (χ1n) is 22.0. The first-order chi connectivity index (χ1) is 34.3. The highest BCUT2D eigenvalue weighted by Crippen LogP contribution is 2.37. The van der Waals surface area contributed by atoms with Gasteiger partial charge in [0.2, 0.25) is 12.6 Å². The Balaban J connectivity index is 1.40. The lowest BCUT2D eigenvalue weighted by Gasteiger charge is -2.48. The highest BCUT2D eigenvalue weighted by molar-refractivity contribution is 5.92. The van der Waals surface area contributed by atoms with Crippen molar-refractivity contribution in [2.45, 2.75) is 75.3 Å². The predicted octanol–water partition coefficient (Wildman–Crippen LogP) is 5.48. The van der Waals surface area contributed by atoms with Gasteiger partial charge in [-0.1, -0.05) is 72.8 Å². The average Bonchev–Trinajstić information content (AvgIpc) is 3.39. The van der Waals surface area contributed by atoms with Crippen LogP contribution in [0.15, 0.2) is 146 Å². The van der Waals surface area contributed by atoms with E-state index in [2.05, 4.69) is 0 Å². The summed E-state index contributed by atoms with van der Waals surface area (Å²) in [6, 6.07) is 36.7. The second-order valence-electron chi connectivity index (χ2n) is 15.7. The summed E-state index contributed by atoms with van der Waals surface area (Å²) in [4.78, 5) is 95.8. The van der Waals surface area contributed by atoms with Gasteiger partial charge in [0, 0.05) is 13.8 Å². The third-order valence-corrected chi connectivity index (χ3v) is 10.9. The van der Waals surface area contributed by atoms with Gasteiger partial charge in [0.15, 0.2) is 36.6 Å². The van der Waals surface area contributed by atoms with E-state index in [1.54, 1.807) is 84.9 Å². The lowest BCUT2D eigenvalue weighted by molar-refractivity contribution is -0.347. The Hall–Kier alpha value is -8.13. The summed E-state index contributed by atoms with van der Waals surface area (Å²) in [5.74, 6) is -6.31. The molecule has 0 saturated carbocycles. The first kappa shape index (κ1) is 50.7. The lowest BCUT2D eigenvalue weighted by atomic mass is 9.95. The number of rotatable bonds is 17. The van der Waals surface area contributed by atoms with Gasteiger partial charge < -0.3 is 56.8 Å². The fourth-order valence-corrected chi connectivity index (χ4v) is 7.54. The Morgan fingerprint density at radius 1 is 0.437 bits per heavy atom. The van der Waals surface area contributed by atoms with E-state index in [1.807, 2.05) is 0 Å². The molecule has 0 N–H and O–H groups in total. The van der Waals surface area contributed by atoms with Crippen molar-refractivity contribution in [1.82, 2.24) is 0 Å². The van der Waals surface area contributed by atoms with Crippen LogP contribution in [0.5, 0.6) is 11.5 Å².